The first-order valence-electron chi connectivity index (χ1n) is 13.9. The van der Waals surface area contributed by atoms with Gasteiger partial charge in [-0.1, -0.05) is 42.5 Å². The molecule has 3 aromatic rings. The molecule has 3 aliphatic rings. The zero-order valence-electron chi connectivity index (χ0n) is 21.8. The third-order valence-corrected chi connectivity index (χ3v) is 8.16. The molecule has 0 spiro atoms. The Labute approximate surface area is 224 Å². The second-order valence-corrected chi connectivity index (χ2v) is 10.6. The minimum atomic E-state index is 0.0624. The lowest BCUT2D eigenvalue weighted by molar-refractivity contribution is -0.118. The number of nitrogens with one attached hydrogen (secondary N) is 1. The summed E-state index contributed by atoms with van der Waals surface area (Å²) in [6.07, 6.45) is 6.94. The molecule has 0 unspecified atom stereocenters. The summed E-state index contributed by atoms with van der Waals surface area (Å²) >= 11 is 0. The van der Waals surface area contributed by atoms with Gasteiger partial charge >= 0.3 is 0 Å². The Kier molecular flexibility index (Phi) is 7.10. The van der Waals surface area contributed by atoms with Crippen molar-refractivity contribution in [1.82, 2.24) is 14.8 Å². The van der Waals surface area contributed by atoms with Gasteiger partial charge in [0.1, 0.15) is 5.82 Å². The van der Waals surface area contributed by atoms with Gasteiger partial charge in [0.25, 0.3) is 5.91 Å². The molecule has 38 heavy (non-hydrogen) atoms. The lowest BCUT2D eigenvalue weighted by atomic mass is 10.0. The van der Waals surface area contributed by atoms with E-state index in [-0.39, 0.29) is 11.8 Å². The van der Waals surface area contributed by atoms with Gasteiger partial charge in [0, 0.05) is 49.5 Å². The molecule has 0 bridgehead atoms. The van der Waals surface area contributed by atoms with E-state index in [1.807, 2.05) is 76.7 Å². The molecule has 0 radical (unpaired) electrons. The van der Waals surface area contributed by atoms with Crippen LogP contribution in [0.5, 0.6) is 0 Å². The maximum atomic E-state index is 13.2. The summed E-state index contributed by atoms with van der Waals surface area (Å²) in [6.45, 7) is 5.36. The molecule has 1 N–H and O–H groups in total. The Balaban J connectivity index is 1.14. The van der Waals surface area contributed by atoms with Gasteiger partial charge in [-0.25, -0.2) is 4.98 Å². The van der Waals surface area contributed by atoms with E-state index in [0.29, 0.717) is 25.6 Å². The Morgan fingerprint density at radius 3 is 2.34 bits per heavy atom. The number of hydrogen-bond acceptors (Lipinski definition) is 5. The number of fused-ring (bicyclic) bond motifs is 1. The second kappa shape index (κ2) is 11.0. The van der Waals surface area contributed by atoms with Gasteiger partial charge in [-0.05, 0) is 68.1 Å². The molecule has 4 heterocycles. The number of carbonyl (C=O) groups is 2. The first-order valence-corrected chi connectivity index (χ1v) is 13.9. The summed E-state index contributed by atoms with van der Waals surface area (Å²) in [6, 6.07) is 20.3. The number of anilines is 2. The molecule has 2 amide bonds. The number of piperidine rings is 1. The van der Waals surface area contributed by atoms with Gasteiger partial charge in [-0.2, -0.15) is 0 Å². The highest BCUT2D eigenvalue weighted by atomic mass is 16.2. The van der Waals surface area contributed by atoms with Crippen molar-refractivity contribution >= 4 is 23.3 Å². The van der Waals surface area contributed by atoms with E-state index in [0.717, 1.165) is 59.7 Å². The van der Waals surface area contributed by atoms with Crippen molar-refractivity contribution in [2.45, 2.75) is 38.1 Å². The summed E-state index contributed by atoms with van der Waals surface area (Å²) < 4.78 is 0. The number of benzene rings is 2. The molecular formula is C31H35N5O2. The van der Waals surface area contributed by atoms with Crippen molar-refractivity contribution in [3.05, 3.63) is 78.0 Å². The Morgan fingerprint density at radius 1 is 0.868 bits per heavy atom. The minimum absolute atomic E-state index is 0.0624. The summed E-state index contributed by atoms with van der Waals surface area (Å²) in [5.41, 5.74) is 4.43. The number of nitrogens with zero attached hydrogens (tertiary/aromatic N) is 4. The first-order chi connectivity index (χ1) is 18.7. The number of hydrogen-bond donors (Lipinski definition) is 1. The fourth-order valence-electron chi connectivity index (χ4n) is 6.01. The van der Waals surface area contributed by atoms with Gasteiger partial charge in [0.2, 0.25) is 5.91 Å². The lowest BCUT2D eigenvalue weighted by Gasteiger charge is -2.36. The van der Waals surface area contributed by atoms with Crippen LogP contribution in [0.2, 0.25) is 0 Å². The average Bonchev–Trinajstić information content (AvgIpc) is 3.52. The SMILES string of the molecule is O=C(c1ccc(-c2cnc3c(c2)N(C(=O)Cc2ccccc2)CCN3)cc1)N1CCC(N2CCCC2)CC1. The Bertz CT molecular complexity index is 1280. The average molecular weight is 510 g/mol. The van der Waals surface area contributed by atoms with Gasteiger partial charge in [0.15, 0.2) is 0 Å². The first kappa shape index (κ1) is 24.6. The number of likely N-dealkylation sites (tertiary alicyclic amines) is 2. The summed E-state index contributed by atoms with van der Waals surface area (Å²) in [5, 5.41) is 3.31. The highest BCUT2D eigenvalue weighted by Gasteiger charge is 2.29. The van der Waals surface area contributed by atoms with Crippen LogP contribution in [-0.2, 0) is 11.2 Å². The fraction of sp³-hybridized carbons (Fsp3) is 0.387. The standard InChI is InChI=1S/C31H35N5O2/c37-29(20-23-6-2-1-3-7-23)36-19-14-32-30-28(36)21-26(22-33-30)24-8-10-25(11-9-24)31(38)35-17-12-27(13-18-35)34-15-4-5-16-34/h1-3,6-11,21-22,27H,4-5,12-20H2,(H,32,33). The monoisotopic (exact) mass is 509 g/mol. The molecule has 0 atom stereocenters. The number of amides is 2. The van der Waals surface area contributed by atoms with Gasteiger partial charge < -0.3 is 20.0 Å². The maximum absolute atomic E-state index is 13.2. The number of aromatic nitrogens is 1. The highest BCUT2D eigenvalue weighted by molar-refractivity contribution is 5.99. The van der Waals surface area contributed by atoms with E-state index in [2.05, 4.69) is 15.2 Å². The van der Waals surface area contributed by atoms with Crippen molar-refractivity contribution in [1.29, 1.82) is 0 Å². The maximum Gasteiger partial charge on any atom is 0.253 e. The molecule has 7 heteroatoms. The predicted octanol–water partition coefficient (Wildman–Crippen LogP) is 4.45. The summed E-state index contributed by atoms with van der Waals surface area (Å²) in [4.78, 5) is 37.4. The lowest BCUT2D eigenvalue weighted by Crippen LogP contribution is -2.45. The summed E-state index contributed by atoms with van der Waals surface area (Å²) in [7, 11) is 0. The molecule has 6 rings (SSSR count). The van der Waals surface area contributed by atoms with Gasteiger partial charge in [-0.15, -0.1) is 0 Å². The van der Waals surface area contributed by atoms with E-state index < -0.39 is 0 Å². The summed E-state index contributed by atoms with van der Waals surface area (Å²) in [5.74, 6) is 0.903. The van der Waals surface area contributed by atoms with Crippen LogP contribution < -0.4 is 10.2 Å². The molecule has 0 aliphatic carbocycles. The molecule has 0 saturated carbocycles. The topological polar surface area (TPSA) is 68.8 Å². The van der Waals surface area contributed by atoms with Crippen molar-refractivity contribution in [2.75, 3.05) is 49.5 Å². The predicted molar refractivity (Wildman–Crippen MR) is 150 cm³/mol. The normalized spacial score (nSPS) is 18.2. The quantitative estimate of drug-likeness (QED) is 0.550. The third-order valence-electron chi connectivity index (χ3n) is 8.16. The zero-order chi connectivity index (χ0) is 25.9. The largest absolute Gasteiger partial charge is 0.367 e. The molecule has 2 aromatic carbocycles. The van der Waals surface area contributed by atoms with Crippen molar-refractivity contribution in [3.63, 3.8) is 0 Å². The van der Waals surface area contributed by atoms with Crippen LogP contribution in [0.25, 0.3) is 11.1 Å². The van der Waals surface area contributed by atoms with Crippen LogP contribution in [0, 0.1) is 0 Å². The van der Waals surface area contributed by atoms with E-state index in [1.165, 1.54) is 25.9 Å². The number of pyridine rings is 1. The molecule has 1 aromatic heterocycles. The number of carbonyl (C=O) groups excluding carboxylic acids is 2. The van der Waals surface area contributed by atoms with Crippen LogP contribution in [0.4, 0.5) is 11.5 Å². The van der Waals surface area contributed by atoms with Crippen LogP contribution in [0.3, 0.4) is 0 Å². The van der Waals surface area contributed by atoms with Gasteiger partial charge in [0.05, 0.1) is 12.1 Å². The van der Waals surface area contributed by atoms with E-state index in [1.54, 1.807) is 0 Å². The minimum Gasteiger partial charge on any atom is -0.367 e. The highest BCUT2D eigenvalue weighted by Crippen LogP contribution is 2.32. The van der Waals surface area contributed by atoms with Crippen molar-refractivity contribution < 1.29 is 9.59 Å². The molecular weight excluding hydrogens is 474 g/mol. The van der Waals surface area contributed by atoms with E-state index >= 15 is 0 Å². The molecule has 7 nitrogen and oxygen atoms in total. The van der Waals surface area contributed by atoms with Crippen molar-refractivity contribution in [2.24, 2.45) is 0 Å². The van der Waals surface area contributed by atoms with E-state index in [4.69, 9.17) is 0 Å². The van der Waals surface area contributed by atoms with Gasteiger partial charge in [-0.3, -0.25) is 9.59 Å². The fourth-order valence-corrected chi connectivity index (χ4v) is 6.01. The van der Waals surface area contributed by atoms with Crippen LogP contribution in [0.15, 0.2) is 66.9 Å². The zero-order valence-corrected chi connectivity index (χ0v) is 21.8. The molecule has 2 saturated heterocycles. The molecule has 2 fully saturated rings. The molecule has 196 valence electrons. The Morgan fingerprint density at radius 2 is 1.61 bits per heavy atom. The Hall–Kier alpha value is -3.71. The van der Waals surface area contributed by atoms with Crippen molar-refractivity contribution in [3.8, 4) is 11.1 Å². The molecule has 3 aliphatic heterocycles. The smallest absolute Gasteiger partial charge is 0.253 e. The van der Waals surface area contributed by atoms with Crippen LogP contribution in [0.1, 0.15) is 41.6 Å². The number of rotatable bonds is 5. The van der Waals surface area contributed by atoms with E-state index in [9.17, 15) is 9.59 Å². The van der Waals surface area contributed by atoms with Crippen LogP contribution in [-0.4, -0.2) is 71.9 Å². The van der Waals surface area contributed by atoms with Crippen LogP contribution >= 0.6 is 0 Å². The second-order valence-electron chi connectivity index (χ2n) is 10.6. The third kappa shape index (κ3) is 5.16.